The van der Waals surface area contributed by atoms with E-state index in [9.17, 15) is 9.59 Å². The summed E-state index contributed by atoms with van der Waals surface area (Å²) in [4.78, 5) is 27.3. The summed E-state index contributed by atoms with van der Waals surface area (Å²) in [6.45, 7) is 5.91. The maximum atomic E-state index is 13.1. The monoisotopic (exact) mass is 352 g/mol. The Labute approximate surface area is 154 Å². The van der Waals surface area contributed by atoms with Crippen molar-refractivity contribution in [2.24, 2.45) is 0 Å². The van der Waals surface area contributed by atoms with Gasteiger partial charge >= 0.3 is 6.09 Å². The van der Waals surface area contributed by atoms with Crippen LogP contribution in [0.15, 0.2) is 54.6 Å². The summed E-state index contributed by atoms with van der Waals surface area (Å²) in [6.07, 6.45) is 0.227. The number of carbonyl (C=O) groups is 2. The first kappa shape index (κ1) is 18.0. The van der Waals surface area contributed by atoms with Crippen LogP contribution in [0, 0.1) is 0 Å². The van der Waals surface area contributed by atoms with Crippen LogP contribution in [0.1, 0.15) is 37.9 Å². The highest BCUT2D eigenvalue weighted by molar-refractivity contribution is 5.97. The van der Waals surface area contributed by atoms with Crippen LogP contribution in [0.25, 0.3) is 0 Å². The highest BCUT2D eigenvalue weighted by Crippen LogP contribution is 2.32. The molecule has 1 aliphatic rings. The molecule has 1 N–H and O–H groups in total. The van der Waals surface area contributed by atoms with Gasteiger partial charge in [-0.05, 0) is 50.5 Å². The van der Waals surface area contributed by atoms with Crippen molar-refractivity contribution < 1.29 is 14.3 Å². The molecule has 26 heavy (non-hydrogen) atoms. The van der Waals surface area contributed by atoms with Gasteiger partial charge in [0.15, 0.2) is 0 Å². The number of anilines is 1. The molecule has 1 heterocycles. The van der Waals surface area contributed by atoms with E-state index in [2.05, 4.69) is 5.32 Å². The first-order valence-electron chi connectivity index (χ1n) is 8.78. The predicted molar refractivity (Wildman–Crippen MR) is 101 cm³/mol. The van der Waals surface area contributed by atoms with Crippen LogP contribution >= 0.6 is 0 Å². The quantitative estimate of drug-likeness (QED) is 0.883. The largest absolute Gasteiger partial charge is 0.444 e. The van der Waals surface area contributed by atoms with Crippen molar-refractivity contribution in [3.8, 4) is 0 Å². The molecule has 0 radical (unpaired) electrons. The lowest BCUT2D eigenvalue weighted by Gasteiger charge is -2.37. The number of para-hydroxylation sites is 1. The Morgan fingerprint density at radius 2 is 1.69 bits per heavy atom. The van der Waals surface area contributed by atoms with Crippen LogP contribution in [-0.2, 0) is 16.0 Å². The number of hydrogen-bond donors (Lipinski definition) is 1. The van der Waals surface area contributed by atoms with E-state index in [4.69, 9.17) is 4.74 Å². The standard InChI is InChI=1S/C21H24N2O3/c1-21(2,3)26-20(25)23-14-13-15-9-7-8-12-17(15)18(23)19(24)22-16-10-5-4-6-11-16/h4-12,18H,13-14H2,1-3H3,(H,22,24). The summed E-state index contributed by atoms with van der Waals surface area (Å²) in [5, 5.41) is 2.91. The molecule has 1 unspecified atom stereocenters. The van der Waals surface area contributed by atoms with Gasteiger partial charge in [0.2, 0.25) is 0 Å². The number of amides is 2. The molecule has 1 aliphatic heterocycles. The average Bonchev–Trinajstić information content (AvgIpc) is 2.60. The minimum absolute atomic E-state index is 0.241. The Morgan fingerprint density at radius 3 is 2.38 bits per heavy atom. The van der Waals surface area contributed by atoms with Crippen LogP contribution in [-0.4, -0.2) is 29.0 Å². The Kier molecular flexibility index (Phi) is 4.98. The highest BCUT2D eigenvalue weighted by Gasteiger charge is 2.37. The van der Waals surface area contributed by atoms with E-state index < -0.39 is 17.7 Å². The zero-order valence-electron chi connectivity index (χ0n) is 15.4. The highest BCUT2D eigenvalue weighted by atomic mass is 16.6. The molecule has 0 saturated heterocycles. The van der Waals surface area contributed by atoms with E-state index in [-0.39, 0.29) is 5.91 Å². The molecule has 2 aromatic carbocycles. The number of benzene rings is 2. The molecule has 2 amide bonds. The van der Waals surface area contributed by atoms with Crippen molar-refractivity contribution in [3.63, 3.8) is 0 Å². The van der Waals surface area contributed by atoms with Crippen molar-refractivity contribution in [1.29, 1.82) is 0 Å². The minimum atomic E-state index is -0.713. The summed E-state index contributed by atoms with van der Waals surface area (Å²) < 4.78 is 5.53. The fraction of sp³-hybridized carbons (Fsp3) is 0.333. The maximum Gasteiger partial charge on any atom is 0.411 e. The molecule has 0 aromatic heterocycles. The lowest BCUT2D eigenvalue weighted by Crippen LogP contribution is -2.47. The topological polar surface area (TPSA) is 58.6 Å². The molecule has 0 aliphatic carbocycles. The van der Waals surface area contributed by atoms with E-state index in [1.54, 1.807) is 0 Å². The molecule has 0 bridgehead atoms. The molecule has 1 atom stereocenters. The average molecular weight is 352 g/mol. The van der Waals surface area contributed by atoms with Crippen molar-refractivity contribution in [2.45, 2.75) is 38.8 Å². The Bertz CT molecular complexity index is 796. The van der Waals surface area contributed by atoms with Gasteiger partial charge in [-0.3, -0.25) is 9.69 Å². The van der Waals surface area contributed by atoms with E-state index in [0.29, 0.717) is 18.7 Å². The van der Waals surface area contributed by atoms with Gasteiger partial charge in [-0.15, -0.1) is 0 Å². The number of rotatable bonds is 2. The third-order valence-electron chi connectivity index (χ3n) is 4.20. The second-order valence-electron chi connectivity index (χ2n) is 7.38. The van der Waals surface area contributed by atoms with Gasteiger partial charge in [-0.25, -0.2) is 4.79 Å². The minimum Gasteiger partial charge on any atom is -0.444 e. The molecule has 0 fully saturated rings. The number of fused-ring (bicyclic) bond motifs is 1. The van der Waals surface area contributed by atoms with E-state index >= 15 is 0 Å². The number of nitrogens with zero attached hydrogens (tertiary/aromatic N) is 1. The fourth-order valence-corrected chi connectivity index (χ4v) is 3.10. The summed E-state index contributed by atoms with van der Waals surface area (Å²) in [7, 11) is 0. The smallest absolute Gasteiger partial charge is 0.411 e. The lowest BCUT2D eigenvalue weighted by molar-refractivity contribution is -0.121. The van der Waals surface area contributed by atoms with Crippen molar-refractivity contribution in [1.82, 2.24) is 4.90 Å². The molecular weight excluding hydrogens is 328 g/mol. The van der Waals surface area contributed by atoms with Gasteiger partial charge in [0, 0.05) is 12.2 Å². The predicted octanol–water partition coefficient (Wildman–Crippen LogP) is 4.16. The summed E-state index contributed by atoms with van der Waals surface area (Å²) in [5.41, 5.74) is 2.01. The molecule has 3 rings (SSSR count). The van der Waals surface area contributed by atoms with Crippen molar-refractivity contribution in [2.75, 3.05) is 11.9 Å². The summed E-state index contributed by atoms with van der Waals surface area (Å²) in [6, 6.07) is 16.3. The second-order valence-corrected chi connectivity index (χ2v) is 7.38. The maximum absolute atomic E-state index is 13.1. The van der Waals surface area contributed by atoms with Gasteiger partial charge in [-0.1, -0.05) is 42.5 Å². The first-order valence-corrected chi connectivity index (χ1v) is 8.78. The van der Waals surface area contributed by atoms with Gasteiger partial charge in [-0.2, -0.15) is 0 Å². The van der Waals surface area contributed by atoms with E-state index in [1.165, 1.54) is 4.90 Å². The van der Waals surface area contributed by atoms with Crippen LogP contribution in [0.2, 0.25) is 0 Å². The first-order chi connectivity index (χ1) is 12.3. The number of hydrogen-bond acceptors (Lipinski definition) is 3. The number of ether oxygens (including phenoxy) is 1. The van der Waals surface area contributed by atoms with Crippen LogP contribution in [0.5, 0.6) is 0 Å². The van der Waals surface area contributed by atoms with E-state index in [1.807, 2.05) is 75.4 Å². The molecule has 136 valence electrons. The van der Waals surface area contributed by atoms with Gasteiger partial charge in [0.05, 0.1) is 0 Å². The van der Waals surface area contributed by atoms with Crippen LogP contribution in [0.4, 0.5) is 10.5 Å². The van der Waals surface area contributed by atoms with Gasteiger partial charge in [0.25, 0.3) is 5.91 Å². The third kappa shape index (κ3) is 4.04. The lowest BCUT2D eigenvalue weighted by atomic mass is 9.92. The summed E-state index contributed by atoms with van der Waals surface area (Å²) in [5.74, 6) is -0.241. The Morgan fingerprint density at radius 1 is 1.04 bits per heavy atom. The molecule has 0 saturated carbocycles. The zero-order valence-corrected chi connectivity index (χ0v) is 15.4. The third-order valence-corrected chi connectivity index (χ3v) is 4.20. The van der Waals surface area contributed by atoms with Crippen molar-refractivity contribution in [3.05, 3.63) is 65.7 Å². The zero-order chi connectivity index (χ0) is 18.7. The van der Waals surface area contributed by atoms with Crippen LogP contribution < -0.4 is 5.32 Å². The van der Waals surface area contributed by atoms with Crippen molar-refractivity contribution >= 4 is 17.7 Å². The van der Waals surface area contributed by atoms with E-state index in [0.717, 1.165) is 11.1 Å². The molecule has 2 aromatic rings. The SMILES string of the molecule is CC(C)(C)OC(=O)N1CCc2ccccc2C1C(=O)Nc1ccccc1. The number of nitrogens with one attached hydrogen (secondary N) is 1. The normalized spacial score (nSPS) is 16.6. The molecule has 5 heteroatoms. The Hall–Kier alpha value is -2.82. The summed E-state index contributed by atoms with van der Waals surface area (Å²) >= 11 is 0. The van der Waals surface area contributed by atoms with Gasteiger partial charge < -0.3 is 10.1 Å². The molecule has 5 nitrogen and oxygen atoms in total. The molecule has 0 spiro atoms. The van der Waals surface area contributed by atoms with Crippen LogP contribution in [0.3, 0.4) is 0 Å². The fourth-order valence-electron chi connectivity index (χ4n) is 3.10. The second kappa shape index (κ2) is 7.20. The molecular formula is C21H24N2O3. The number of carbonyl (C=O) groups excluding carboxylic acids is 2. The van der Waals surface area contributed by atoms with Gasteiger partial charge in [0.1, 0.15) is 11.6 Å². The Balaban J connectivity index is 1.91.